The number of phenolic OH excluding ortho intramolecular Hbond substituents is 1. The number of para-hydroxylation sites is 1. The Kier molecular flexibility index (Phi) is 7.76. The second kappa shape index (κ2) is 10.9. The number of imide groups is 1. The van der Waals surface area contributed by atoms with Crippen molar-refractivity contribution in [2.75, 3.05) is 11.5 Å². The average molecular weight is 594 g/mol. The predicted molar refractivity (Wildman–Crippen MR) is 142 cm³/mol. The molecule has 0 aromatic heterocycles. The van der Waals surface area contributed by atoms with Crippen LogP contribution in [0.25, 0.3) is 6.08 Å². The van der Waals surface area contributed by atoms with Crippen molar-refractivity contribution in [3.8, 4) is 5.75 Å². The molecule has 0 bridgehead atoms. The van der Waals surface area contributed by atoms with Crippen LogP contribution >= 0.6 is 0 Å². The lowest BCUT2D eigenvalue weighted by Gasteiger charge is -2.30. The number of benzene rings is 2. The fraction of sp³-hybridized carbons (Fsp3) is 0.419. The summed E-state index contributed by atoms with van der Waals surface area (Å²) in [4.78, 5) is 27.5. The van der Waals surface area contributed by atoms with Gasteiger partial charge in [0.15, 0.2) is 0 Å². The number of amides is 2. The van der Waals surface area contributed by atoms with E-state index in [-0.39, 0.29) is 30.9 Å². The van der Waals surface area contributed by atoms with Crippen molar-refractivity contribution < 1.29 is 45.8 Å². The van der Waals surface area contributed by atoms with E-state index in [0.717, 1.165) is 23.1 Å². The van der Waals surface area contributed by atoms with Crippen LogP contribution in [0.4, 0.5) is 32.0 Å². The standard InChI is InChI=1S/C31H29F6NO4/c1-3-17(11-18-6-4-5-7-24(18)39)8-9-25-26-16(2)10-22-27(23(26)15-42-25)29(41)38(28(22)40)21-13-19(30(32,33)34)12-20(14-21)31(35,36)37/h4-7,11-14,22-23,25,27,39H,3,8-10,15H2,1-2H3/b17-11+/t22-,23+,25-,27-/m1/s1. The van der Waals surface area contributed by atoms with Gasteiger partial charge < -0.3 is 9.84 Å². The van der Waals surface area contributed by atoms with Crippen molar-refractivity contribution in [3.05, 3.63) is 75.9 Å². The molecule has 3 aliphatic rings. The molecule has 11 heteroatoms. The zero-order valence-electron chi connectivity index (χ0n) is 22.9. The molecule has 42 heavy (non-hydrogen) atoms. The maximum Gasteiger partial charge on any atom is 0.416 e. The van der Waals surface area contributed by atoms with Crippen molar-refractivity contribution in [2.45, 2.75) is 58.0 Å². The Balaban J connectivity index is 1.40. The second-order valence-electron chi connectivity index (χ2n) is 11.0. The molecule has 1 aliphatic carbocycles. The van der Waals surface area contributed by atoms with Gasteiger partial charge in [0.25, 0.3) is 0 Å². The van der Waals surface area contributed by atoms with Crippen molar-refractivity contribution in [1.29, 1.82) is 0 Å². The highest BCUT2D eigenvalue weighted by Crippen LogP contribution is 2.51. The summed E-state index contributed by atoms with van der Waals surface area (Å²) in [5.41, 5.74) is -0.450. The number of anilines is 1. The minimum atomic E-state index is -5.11. The van der Waals surface area contributed by atoms with Gasteiger partial charge in [-0.05, 0) is 62.4 Å². The molecular formula is C31H29F6NO4. The van der Waals surface area contributed by atoms with Crippen LogP contribution in [-0.4, -0.2) is 29.6 Å². The van der Waals surface area contributed by atoms with Crippen LogP contribution in [0.3, 0.4) is 0 Å². The van der Waals surface area contributed by atoms with Crippen LogP contribution in [0.2, 0.25) is 0 Å². The first-order chi connectivity index (χ1) is 19.7. The molecular weight excluding hydrogens is 564 g/mol. The highest BCUT2D eigenvalue weighted by atomic mass is 19.4. The molecule has 2 aromatic carbocycles. The molecule has 5 nitrogen and oxygen atoms in total. The highest BCUT2D eigenvalue weighted by molar-refractivity contribution is 6.22. The van der Waals surface area contributed by atoms with Crippen LogP contribution in [0.1, 0.15) is 56.2 Å². The van der Waals surface area contributed by atoms with E-state index in [1.165, 1.54) is 0 Å². The molecule has 0 radical (unpaired) electrons. The predicted octanol–water partition coefficient (Wildman–Crippen LogP) is 7.54. The topological polar surface area (TPSA) is 66.8 Å². The first kappa shape index (κ1) is 29.9. The van der Waals surface area contributed by atoms with Crippen LogP contribution in [0.15, 0.2) is 59.2 Å². The van der Waals surface area contributed by atoms with Gasteiger partial charge in [-0.3, -0.25) is 9.59 Å². The molecule has 224 valence electrons. The minimum Gasteiger partial charge on any atom is -0.507 e. The third kappa shape index (κ3) is 5.46. The number of halogens is 6. The van der Waals surface area contributed by atoms with Gasteiger partial charge in [0.1, 0.15) is 5.75 Å². The summed E-state index contributed by atoms with van der Waals surface area (Å²) in [7, 11) is 0. The van der Waals surface area contributed by atoms with Crippen LogP contribution in [0, 0.1) is 17.8 Å². The largest absolute Gasteiger partial charge is 0.507 e. The number of rotatable bonds is 6. The number of fused-ring (bicyclic) bond motifs is 3. The van der Waals surface area contributed by atoms with E-state index in [1.54, 1.807) is 18.2 Å². The maximum atomic E-state index is 13.6. The summed E-state index contributed by atoms with van der Waals surface area (Å²) >= 11 is 0. The number of phenols is 1. The van der Waals surface area contributed by atoms with E-state index in [4.69, 9.17) is 4.74 Å². The molecule has 1 N–H and O–H groups in total. The quantitative estimate of drug-likeness (QED) is 0.214. The summed E-state index contributed by atoms with van der Waals surface area (Å²) in [6.07, 6.45) is -6.56. The molecule has 2 heterocycles. The first-order valence-corrected chi connectivity index (χ1v) is 13.7. The Labute approximate surface area is 238 Å². The molecule has 4 atom stereocenters. The SMILES string of the molecule is CC/C(=C\c1ccccc1O)CC[C@H]1OC[C@H]2C1=C(C)C[C@H]1C(=O)N(c3cc(C(F)(F)F)cc(C(F)(F)F)c3)C(=O)[C@H]12. The fourth-order valence-electron chi connectivity index (χ4n) is 6.45. The normalized spacial score (nSPS) is 24.9. The Morgan fingerprint density at radius 3 is 2.24 bits per heavy atom. The first-order valence-electron chi connectivity index (χ1n) is 13.7. The molecule has 2 aliphatic heterocycles. The smallest absolute Gasteiger partial charge is 0.416 e. The van der Waals surface area contributed by atoms with Gasteiger partial charge in [0.05, 0.1) is 41.4 Å². The minimum absolute atomic E-state index is 0.0288. The highest BCUT2D eigenvalue weighted by Gasteiger charge is 2.57. The van der Waals surface area contributed by atoms with Gasteiger partial charge in [-0.15, -0.1) is 0 Å². The molecule has 5 rings (SSSR count). The molecule has 2 aromatic rings. The number of carbonyl (C=O) groups excluding carboxylic acids is 2. The third-order valence-corrected chi connectivity index (χ3v) is 8.46. The Hall–Kier alpha value is -3.60. The summed E-state index contributed by atoms with van der Waals surface area (Å²) in [5, 5.41) is 10.1. The second-order valence-corrected chi connectivity index (χ2v) is 11.0. The lowest BCUT2D eigenvalue weighted by atomic mass is 9.70. The Morgan fingerprint density at radius 2 is 1.64 bits per heavy atom. The number of hydrogen-bond donors (Lipinski definition) is 1. The summed E-state index contributed by atoms with van der Waals surface area (Å²) in [6.45, 7) is 3.94. The lowest BCUT2D eigenvalue weighted by molar-refractivity contribution is -0.143. The van der Waals surface area contributed by atoms with E-state index in [9.17, 15) is 41.0 Å². The molecule has 0 unspecified atom stereocenters. The van der Waals surface area contributed by atoms with E-state index in [2.05, 4.69) is 0 Å². The van der Waals surface area contributed by atoms with Gasteiger partial charge in [0.2, 0.25) is 11.8 Å². The summed E-state index contributed by atoms with van der Waals surface area (Å²) < 4.78 is 87.0. The van der Waals surface area contributed by atoms with Crippen molar-refractivity contribution in [2.24, 2.45) is 17.8 Å². The number of ether oxygens (including phenoxy) is 1. The molecule has 2 saturated heterocycles. The third-order valence-electron chi connectivity index (χ3n) is 8.46. The maximum absolute atomic E-state index is 13.6. The molecule has 0 saturated carbocycles. The van der Waals surface area contributed by atoms with Gasteiger partial charge in [-0.25, -0.2) is 4.90 Å². The molecule has 2 fully saturated rings. The van der Waals surface area contributed by atoms with Crippen molar-refractivity contribution >= 4 is 23.6 Å². The zero-order chi connectivity index (χ0) is 30.6. The van der Waals surface area contributed by atoms with Gasteiger partial charge in [0, 0.05) is 11.5 Å². The lowest BCUT2D eigenvalue weighted by Crippen LogP contribution is -2.34. The fourth-order valence-corrected chi connectivity index (χ4v) is 6.45. The monoisotopic (exact) mass is 593 g/mol. The molecule has 0 spiro atoms. The van der Waals surface area contributed by atoms with E-state index >= 15 is 0 Å². The number of aromatic hydroxyl groups is 1. The number of alkyl halides is 6. The van der Waals surface area contributed by atoms with Gasteiger partial charge >= 0.3 is 12.4 Å². The van der Waals surface area contributed by atoms with Crippen LogP contribution in [-0.2, 0) is 26.7 Å². The zero-order valence-corrected chi connectivity index (χ0v) is 22.9. The van der Waals surface area contributed by atoms with Crippen LogP contribution < -0.4 is 4.90 Å². The van der Waals surface area contributed by atoms with Gasteiger partial charge in [-0.1, -0.05) is 42.3 Å². The average Bonchev–Trinajstić information content (AvgIpc) is 3.45. The molecule has 2 amide bonds. The van der Waals surface area contributed by atoms with E-state index < -0.39 is 58.7 Å². The number of carbonyl (C=O) groups is 2. The van der Waals surface area contributed by atoms with E-state index in [1.807, 2.05) is 26.0 Å². The Bertz CT molecular complexity index is 1440. The number of hydrogen-bond acceptors (Lipinski definition) is 4. The van der Waals surface area contributed by atoms with Gasteiger partial charge in [-0.2, -0.15) is 26.3 Å². The van der Waals surface area contributed by atoms with Crippen molar-refractivity contribution in [1.82, 2.24) is 0 Å². The Morgan fingerprint density at radius 1 is 1.00 bits per heavy atom. The number of allylic oxidation sites excluding steroid dienone is 2. The summed E-state index contributed by atoms with van der Waals surface area (Å²) in [6, 6.07) is 7.76. The number of nitrogens with zero attached hydrogens (tertiary/aromatic N) is 1. The van der Waals surface area contributed by atoms with Crippen LogP contribution in [0.5, 0.6) is 5.75 Å². The van der Waals surface area contributed by atoms with Crippen molar-refractivity contribution in [3.63, 3.8) is 0 Å². The summed E-state index contributed by atoms with van der Waals surface area (Å²) in [5.74, 6) is -3.80. The van der Waals surface area contributed by atoms with E-state index in [0.29, 0.717) is 35.4 Å².